The predicted molar refractivity (Wildman–Crippen MR) is 154 cm³/mol. The maximum absolute atomic E-state index is 2.50. The lowest BCUT2D eigenvalue weighted by atomic mass is 9.91. The molecule has 0 saturated heterocycles. The second-order valence-electron chi connectivity index (χ2n) is 12.0. The maximum Gasteiger partial charge on any atom is -0.0443 e. The van der Waals surface area contributed by atoms with E-state index in [1.165, 1.54) is 161 Å². The maximum atomic E-state index is 2.50. The zero-order valence-corrected chi connectivity index (χ0v) is 24.4. The third-order valence-electron chi connectivity index (χ3n) is 8.29. The standard InChI is InChI=1S/C33H68/c1-6-8-9-10-11-12-13-14-15-16-17-18-19-20-21-22-23-26-32(4)29-25-30-33(5)28-24-27-31(3)7-2/h31-33H,6-30H2,1-5H3. The van der Waals surface area contributed by atoms with E-state index in [0.29, 0.717) is 0 Å². The van der Waals surface area contributed by atoms with Crippen molar-refractivity contribution >= 4 is 0 Å². The second-order valence-corrected chi connectivity index (χ2v) is 12.0. The van der Waals surface area contributed by atoms with Crippen LogP contribution in [-0.4, -0.2) is 0 Å². The Bertz CT molecular complexity index is 346. The average Bonchev–Trinajstić information content (AvgIpc) is 2.80. The molecule has 0 spiro atoms. The van der Waals surface area contributed by atoms with Crippen LogP contribution in [0.2, 0.25) is 0 Å². The lowest BCUT2D eigenvalue weighted by Crippen LogP contribution is -2.00. The minimum atomic E-state index is 0.932. The van der Waals surface area contributed by atoms with Crippen LogP contribution in [0.25, 0.3) is 0 Å². The number of unbranched alkanes of at least 4 members (excludes halogenated alkanes) is 16. The van der Waals surface area contributed by atoms with Crippen LogP contribution in [0.1, 0.15) is 195 Å². The van der Waals surface area contributed by atoms with Crippen molar-refractivity contribution in [1.29, 1.82) is 0 Å². The minimum Gasteiger partial charge on any atom is -0.0654 e. The third kappa shape index (κ3) is 26.4. The molecule has 0 radical (unpaired) electrons. The summed E-state index contributed by atoms with van der Waals surface area (Å²) in [6.45, 7) is 12.0. The molecule has 0 aromatic rings. The number of hydrogen-bond donors (Lipinski definition) is 0. The van der Waals surface area contributed by atoms with Crippen molar-refractivity contribution in [2.75, 3.05) is 0 Å². The first kappa shape index (κ1) is 33.0. The van der Waals surface area contributed by atoms with Gasteiger partial charge in [-0.25, -0.2) is 0 Å². The summed E-state index contributed by atoms with van der Waals surface area (Å²) in [5.41, 5.74) is 0. The fourth-order valence-corrected chi connectivity index (χ4v) is 5.34. The van der Waals surface area contributed by atoms with Crippen molar-refractivity contribution in [2.24, 2.45) is 17.8 Å². The van der Waals surface area contributed by atoms with Gasteiger partial charge in [-0.3, -0.25) is 0 Å². The van der Waals surface area contributed by atoms with Gasteiger partial charge in [-0.2, -0.15) is 0 Å². The van der Waals surface area contributed by atoms with Gasteiger partial charge in [-0.05, 0) is 17.8 Å². The van der Waals surface area contributed by atoms with Crippen molar-refractivity contribution < 1.29 is 0 Å². The molecule has 3 unspecified atom stereocenters. The van der Waals surface area contributed by atoms with Crippen molar-refractivity contribution in [2.45, 2.75) is 195 Å². The Labute approximate surface area is 212 Å². The van der Waals surface area contributed by atoms with Crippen LogP contribution in [0.15, 0.2) is 0 Å². The lowest BCUT2D eigenvalue weighted by molar-refractivity contribution is 0.380. The molecule has 0 heterocycles. The quantitative estimate of drug-likeness (QED) is 0.106. The fraction of sp³-hybridized carbons (Fsp3) is 1.00. The van der Waals surface area contributed by atoms with E-state index in [0.717, 1.165) is 17.8 Å². The van der Waals surface area contributed by atoms with Crippen LogP contribution >= 0.6 is 0 Å². The second kappa shape index (κ2) is 26.6. The highest BCUT2D eigenvalue weighted by Crippen LogP contribution is 2.22. The molecule has 33 heavy (non-hydrogen) atoms. The van der Waals surface area contributed by atoms with Gasteiger partial charge < -0.3 is 0 Å². The van der Waals surface area contributed by atoms with Gasteiger partial charge >= 0.3 is 0 Å². The normalized spacial score (nSPS) is 14.5. The van der Waals surface area contributed by atoms with E-state index in [1.807, 2.05) is 0 Å². The first-order valence-corrected chi connectivity index (χ1v) is 16.1. The summed E-state index contributed by atoms with van der Waals surface area (Å²) in [4.78, 5) is 0. The molecule has 0 aliphatic rings. The molecule has 0 nitrogen and oxygen atoms in total. The summed E-state index contributed by atoms with van der Waals surface area (Å²) >= 11 is 0. The molecule has 0 aromatic heterocycles. The van der Waals surface area contributed by atoms with E-state index in [9.17, 15) is 0 Å². The Morgan fingerprint density at radius 2 is 0.576 bits per heavy atom. The van der Waals surface area contributed by atoms with E-state index in [1.54, 1.807) is 0 Å². The van der Waals surface area contributed by atoms with E-state index in [4.69, 9.17) is 0 Å². The molecule has 3 atom stereocenters. The first-order valence-electron chi connectivity index (χ1n) is 16.1. The van der Waals surface area contributed by atoms with Gasteiger partial charge in [0.15, 0.2) is 0 Å². The molecule has 0 aromatic carbocycles. The minimum absolute atomic E-state index is 0.932. The molecule has 0 fully saturated rings. The lowest BCUT2D eigenvalue weighted by Gasteiger charge is -2.15. The van der Waals surface area contributed by atoms with Gasteiger partial charge in [-0.15, -0.1) is 0 Å². The molecule has 0 heteroatoms. The Balaban J connectivity index is 3.24. The van der Waals surface area contributed by atoms with Crippen LogP contribution in [0.3, 0.4) is 0 Å². The fourth-order valence-electron chi connectivity index (χ4n) is 5.34. The predicted octanol–water partition coefficient (Wildman–Crippen LogP) is 12.7. The van der Waals surface area contributed by atoms with Gasteiger partial charge in [0, 0.05) is 0 Å². The van der Waals surface area contributed by atoms with Crippen LogP contribution in [0.4, 0.5) is 0 Å². The van der Waals surface area contributed by atoms with Gasteiger partial charge in [-0.1, -0.05) is 195 Å². The summed E-state index contributed by atoms with van der Waals surface area (Å²) in [7, 11) is 0. The number of hydrogen-bond acceptors (Lipinski definition) is 0. The topological polar surface area (TPSA) is 0 Å². The molecule has 0 aliphatic carbocycles. The smallest absolute Gasteiger partial charge is 0.0443 e. The highest BCUT2D eigenvalue weighted by atomic mass is 14.1. The molecule has 0 bridgehead atoms. The van der Waals surface area contributed by atoms with Crippen molar-refractivity contribution in [1.82, 2.24) is 0 Å². The van der Waals surface area contributed by atoms with E-state index >= 15 is 0 Å². The average molecular weight is 465 g/mol. The molecule has 0 rings (SSSR count). The number of rotatable bonds is 27. The summed E-state index contributed by atoms with van der Waals surface area (Å²) in [6.07, 6.45) is 36.6. The molecule has 0 aliphatic heterocycles. The molecule has 0 N–H and O–H groups in total. The zero-order valence-electron chi connectivity index (χ0n) is 24.4. The van der Waals surface area contributed by atoms with Gasteiger partial charge in [0.2, 0.25) is 0 Å². The van der Waals surface area contributed by atoms with Crippen molar-refractivity contribution in [3.8, 4) is 0 Å². The summed E-state index contributed by atoms with van der Waals surface area (Å²) in [5.74, 6) is 2.83. The van der Waals surface area contributed by atoms with Crippen molar-refractivity contribution in [3.63, 3.8) is 0 Å². The van der Waals surface area contributed by atoms with Crippen LogP contribution < -0.4 is 0 Å². The van der Waals surface area contributed by atoms with Crippen LogP contribution in [0, 0.1) is 17.8 Å². The monoisotopic (exact) mass is 465 g/mol. The van der Waals surface area contributed by atoms with Crippen molar-refractivity contribution in [3.05, 3.63) is 0 Å². The Kier molecular flexibility index (Phi) is 26.6. The van der Waals surface area contributed by atoms with Gasteiger partial charge in [0.05, 0.1) is 0 Å². The highest BCUT2D eigenvalue weighted by Gasteiger charge is 2.07. The Hall–Kier alpha value is 0. The Morgan fingerprint density at radius 1 is 0.303 bits per heavy atom. The summed E-state index contributed by atoms with van der Waals surface area (Å²) < 4.78 is 0. The van der Waals surface area contributed by atoms with E-state index in [2.05, 4.69) is 34.6 Å². The Morgan fingerprint density at radius 3 is 0.909 bits per heavy atom. The molecular formula is C33H68. The zero-order chi connectivity index (χ0) is 24.4. The third-order valence-corrected chi connectivity index (χ3v) is 8.29. The van der Waals surface area contributed by atoms with E-state index < -0.39 is 0 Å². The molecule has 0 amide bonds. The summed E-state index contributed by atoms with van der Waals surface area (Å²) in [5, 5.41) is 0. The van der Waals surface area contributed by atoms with Gasteiger partial charge in [0.1, 0.15) is 0 Å². The van der Waals surface area contributed by atoms with Crippen LogP contribution in [0.5, 0.6) is 0 Å². The summed E-state index contributed by atoms with van der Waals surface area (Å²) in [6, 6.07) is 0. The van der Waals surface area contributed by atoms with E-state index in [-0.39, 0.29) is 0 Å². The van der Waals surface area contributed by atoms with Crippen LogP contribution in [-0.2, 0) is 0 Å². The molecule has 0 saturated carbocycles. The highest BCUT2D eigenvalue weighted by molar-refractivity contribution is 4.60. The first-order chi connectivity index (χ1) is 16.1. The molecule has 200 valence electrons. The van der Waals surface area contributed by atoms with Gasteiger partial charge in [0.25, 0.3) is 0 Å². The molecular weight excluding hydrogens is 396 g/mol. The largest absolute Gasteiger partial charge is 0.0654 e. The SMILES string of the molecule is CCCCCCCCCCCCCCCCCCCC(C)CCCC(C)CCCC(C)CC.